The second-order valence-corrected chi connectivity index (χ2v) is 4.26. The van der Waals surface area contributed by atoms with E-state index < -0.39 is 11.9 Å². The van der Waals surface area contributed by atoms with Gasteiger partial charge < -0.3 is 10.2 Å². The summed E-state index contributed by atoms with van der Waals surface area (Å²) in [4.78, 5) is 16.3. The number of amides is 1. The molecule has 2 heterocycles. The van der Waals surface area contributed by atoms with Crippen LogP contribution in [0.25, 0.3) is 0 Å². The molecule has 106 valence electrons. The molecule has 2 rings (SSSR count). The highest BCUT2D eigenvalue weighted by Gasteiger charge is 2.33. The summed E-state index contributed by atoms with van der Waals surface area (Å²) in [7, 11) is 0. The Morgan fingerprint density at radius 3 is 2.75 bits per heavy atom. The molecule has 1 N–H and O–H groups in total. The smallest absolute Gasteiger partial charge is 0.354 e. The summed E-state index contributed by atoms with van der Waals surface area (Å²) in [6.07, 6.45) is -4.41. The Balaban J connectivity index is 2.38. The van der Waals surface area contributed by atoms with Crippen molar-refractivity contribution in [3.8, 4) is 6.07 Å². The van der Waals surface area contributed by atoms with Gasteiger partial charge in [-0.25, -0.2) is 4.98 Å². The van der Waals surface area contributed by atoms with Crippen LogP contribution in [-0.4, -0.2) is 30.5 Å². The molecule has 1 fully saturated rings. The maximum absolute atomic E-state index is 12.7. The van der Waals surface area contributed by atoms with Gasteiger partial charge in [-0.05, 0) is 12.1 Å². The minimum Gasteiger partial charge on any atom is -0.354 e. The quantitative estimate of drug-likeness (QED) is 0.844. The minimum atomic E-state index is -4.57. The number of alkyl halides is 3. The summed E-state index contributed by atoms with van der Waals surface area (Å²) >= 11 is 0. The number of hydrogen-bond donors (Lipinski definition) is 1. The molecule has 0 spiro atoms. The topological polar surface area (TPSA) is 69.0 Å². The second-order valence-electron chi connectivity index (χ2n) is 4.26. The van der Waals surface area contributed by atoms with Crippen molar-refractivity contribution in [1.82, 2.24) is 10.3 Å². The van der Waals surface area contributed by atoms with Gasteiger partial charge in [0.1, 0.15) is 17.6 Å². The van der Waals surface area contributed by atoms with E-state index >= 15 is 0 Å². The first-order valence-corrected chi connectivity index (χ1v) is 5.92. The number of nitrogens with zero attached hydrogens (tertiary/aromatic N) is 3. The largest absolute Gasteiger partial charge is 0.433 e. The second kappa shape index (κ2) is 5.36. The molecule has 1 saturated heterocycles. The highest BCUT2D eigenvalue weighted by molar-refractivity contribution is 5.77. The van der Waals surface area contributed by atoms with E-state index in [0.717, 1.165) is 12.1 Å². The number of anilines is 1. The number of hydrogen-bond acceptors (Lipinski definition) is 4. The first-order chi connectivity index (χ1) is 9.41. The van der Waals surface area contributed by atoms with Crippen molar-refractivity contribution in [1.29, 1.82) is 5.26 Å². The fourth-order valence-corrected chi connectivity index (χ4v) is 1.91. The number of carbonyl (C=O) groups is 1. The van der Waals surface area contributed by atoms with Crippen LogP contribution in [0.2, 0.25) is 0 Å². The molecule has 0 aliphatic carbocycles. The minimum absolute atomic E-state index is 0.0289. The SMILES string of the molecule is N#Cc1ccc(C(F)(F)F)nc1N1CCNC(=O)CC1. The average molecular weight is 284 g/mol. The van der Waals surface area contributed by atoms with Gasteiger partial charge in [0.15, 0.2) is 0 Å². The number of rotatable bonds is 1. The molecule has 8 heteroatoms. The van der Waals surface area contributed by atoms with E-state index in [1.165, 1.54) is 4.90 Å². The third kappa shape index (κ3) is 2.99. The third-order valence-electron chi connectivity index (χ3n) is 2.90. The molecule has 0 saturated carbocycles. The Bertz CT molecular complexity index is 565. The van der Waals surface area contributed by atoms with Gasteiger partial charge in [0.25, 0.3) is 0 Å². The van der Waals surface area contributed by atoms with E-state index in [9.17, 15) is 18.0 Å². The lowest BCUT2D eigenvalue weighted by atomic mass is 10.2. The van der Waals surface area contributed by atoms with Gasteiger partial charge in [0, 0.05) is 26.1 Å². The number of carbonyl (C=O) groups excluding carboxylic acids is 1. The third-order valence-corrected chi connectivity index (χ3v) is 2.90. The molecular weight excluding hydrogens is 273 g/mol. The summed E-state index contributed by atoms with van der Waals surface area (Å²) < 4.78 is 38.0. The van der Waals surface area contributed by atoms with Gasteiger partial charge in [-0.3, -0.25) is 4.79 Å². The van der Waals surface area contributed by atoms with Crippen LogP contribution in [0.5, 0.6) is 0 Å². The fraction of sp³-hybridized carbons (Fsp3) is 0.417. The summed E-state index contributed by atoms with van der Waals surface area (Å²) in [5.74, 6) is -0.197. The first kappa shape index (κ1) is 14.1. The molecule has 0 aromatic carbocycles. The Morgan fingerprint density at radius 1 is 1.35 bits per heavy atom. The van der Waals surface area contributed by atoms with Crippen LogP contribution in [-0.2, 0) is 11.0 Å². The van der Waals surface area contributed by atoms with Gasteiger partial charge in [-0.1, -0.05) is 0 Å². The molecule has 0 bridgehead atoms. The lowest BCUT2D eigenvalue weighted by Gasteiger charge is -2.22. The highest BCUT2D eigenvalue weighted by Crippen LogP contribution is 2.30. The average Bonchev–Trinajstić information content (AvgIpc) is 2.61. The zero-order valence-electron chi connectivity index (χ0n) is 10.4. The van der Waals surface area contributed by atoms with Crippen molar-refractivity contribution in [3.05, 3.63) is 23.4 Å². The normalized spacial score (nSPS) is 16.3. The Kier molecular flexibility index (Phi) is 3.79. The van der Waals surface area contributed by atoms with Crippen molar-refractivity contribution in [2.24, 2.45) is 0 Å². The van der Waals surface area contributed by atoms with Crippen LogP contribution in [0.1, 0.15) is 17.7 Å². The molecule has 1 aliphatic rings. The van der Waals surface area contributed by atoms with E-state index in [2.05, 4.69) is 10.3 Å². The van der Waals surface area contributed by atoms with Crippen LogP contribution in [0, 0.1) is 11.3 Å². The van der Waals surface area contributed by atoms with E-state index in [1.54, 1.807) is 0 Å². The van der Waals surface area contributed by atoms with Gasteiger partial charge in [0.05, 0.1) is 5.56 Å². The Morgan fingerprint density at radius 2 is 2.10 bits per heavy atom. The molecule has 1 amide bonds. The Labute approximate surface area is 113 Å². The van der Waals surface area contributed by atoms with Crippen LogP contribution in [0.3, 0.4) is 0 Å². The predicted octanol–water partition coefficient (Wildman–Crippen LogP) is 1.30. The molecule has 0 radical (unpaired) electrons. The molecule has 1 aliphatic heterocycles. The zero-order valence-corrected chi connectivity index (χ0v) is 10.4. The van der Waals surface area contributed by atoms with E-state index in [1.807, 2.05) is 6.07 Å². The van der Waals surface area contributed by atoms with Crippen molar-refractivity contribution < 1.29 is 18.0 Å². The van der Waals surface area contributed by atoms with Crippen molar-refractivity contribution in [2.45, 2.75) is 12.6 Å². The maximum Gasteiger partial charge on any atom is 0.433 e. The van der Waals surface area contributed by atoms with Gasteiger partial charge in [0.2, 0.25) is 5.91 Å². The number of pyridine rings is 1. The van der Waals surface area contributed by atoms with Crippen LogP contribution in [0.15, 0.2) is 12.1 Å². The monoisotopic (exact) mass is 284 g/mol. The van der Waals surface area contributed by atoms with Crippen molar-refractivity contribution in [3.63, 3.8) is 0 Å². The van der Waals surface area contributed by atoms with Crippen molar-refractivity contribution in [2.75, 3.05) is 24.5 Å². The summed E-state index contributed by atoms with van der Waals surface area (Å²) in [5, 5.41) is 11.6. The predicted molar refractivity (Wildman–Crippen MR) is 63.8 cm³/mol. The van der Waals surface area contributed by atoms with Gasteiger partial charge >= 0.3 is 6.18 Å². The van der Waals surface area contributed by atoms with Crippen LogP contribution in [0.4, 0.5) is 19.0 Å². The van der Waals surface area contributed by atoms with Gasteiger partial charge in [-0.2, -0.15) is 18.4 Å². The molecule has 5 nitrogen and oxygen atoms in total. The van der Waals surface area contributed by atoms with E-state index in [0.29, 0.717) is 13.1 Å². The fourth-order valence-electron chi connectivity index (χ4n) is 1.91. The van der Waals surface area contributed by atoms with Crippen LogP contribution < -0.4 is 10.2 Å². The van der Waals surface area contributed by atoms with Crippen molar-refractivity contribution >= 4 is 11.7 Å². The molecule has 1 aromatic heterocycles. The molecular formula is C12H11F3N4O. The molecule has 0 unspecified atom stereocenters. The number of nitriles is 1. The summed E-state index contributed by atoms with van der Waals surface area (Å²) in [6.45, 7) is 0.852. The lowest BCUT2D eigenvalue weighted by molar-refractivity contribution is -0.141. The number of nitrogens with one attached hydrogen (secondary N) is 1. The standard InChI is InChI=1S/C12H11F3N4O/c13-12(14,15)9-2-1-8(7-16)11(18-9)19-5-3-10(20)17-4-6-19/h1-2H,3-6H2,(H,17,20). The molecule has 20 heavy (non-hydrogen) atoms. The molecule has 0 atom stereocenters. The number of halogens is 3. The zero-order chi connectivity index (χ0) is 14.8. The maximum atomic E-state index is 12.7. The summed E-state index contributed by atoms with van der Waals surface area (Å²) in [6, 6.07) is 3.71. The first-order valence-electron chi connectivity index (χ1n) is 5.92. The molecule has 1 aromatic rings. The highest BCUT2D eigenvalue weighted by atomic mass is 19.4. The van der Waals surface area contributed by atoms with Gasteiger partial charge in [-0.15, -0.1) is 0 Å². The Hall–Kier alpha value is -2.30. The summed E-state index contributed by atoms with van der Waals surface area (Å²) in [5.41, 5.74) is -0.984. The lowest BCUT2D eigenvalue weighted by Crippen LogP contribution is -2.30. The van der Waals surface area contributed by atoms with E-state index in [-0.39, 0.29) is 30.3 Å². The number of aromatic nitrogens is 1. The van der Waals surface area contributed by atoms with E-state index in [4.69, 9.17) is 5.26 Å². The van der Waals surface area contributed by atoms with Crippen LogP contribution >= 0.6 is 0 Å².